The fourth-order valence-corrected chi connectivity index (χ4v) is 11.9. The second-order valence-corrected chi connectivity index (χ2v) is 21.7. The van der Waals surface area contributed by atoms with Crippen molar-refractivity contribution < 1.29 is 8.83 Å². The number of hydrogen-bond acceptors (Lipinski definition) is 4. The zero-order valence-corrected chi connectivity index (χ0v) is 44.5. The molecular formula is C72H60N2O2. The van der Waals surface area contributed by atoms with Gasteiger partial charge in [-0.2, -0.15) is 0 Å². The maximum absolute atomic E-state index is 7.27. The molecule has 0 N–H and O–H groups in total. The van der Waals surface area contributed by atoms with E-state index in [1.54, 1.807) is 0 Å². The van der Waals surface area contributed by atoms with Crippen LogP contribution in [0.3, 0.4) is 0 Å². The number of anilines is 6. The van der Waals surface area contributed by atoms with Crippen LogP contribution in [-0.2, 0) is 0 Å². The monoisotopic (exact) mass is 984 g/mol. The Hall–Kier alpha value is -8.86. The number of aryl methyl sites for hydroxylation is 4. The van der Waals surface area contributed by atoms with Gasteiger partial charge in [0.25, 0.3) is 0 Å². The molecule has 4 heteroatoms. The molecule has 0 aliphatic heterocycles. The van der Waals surface area contributed by atoms with Crippen LogP contribution < -0.4 is 9.80 Å². The van der Waals surface area contributed by atoms with Gasteiger partial charge in [0.1, 0.15) is 11.2 Å². The SMILES string of the molecule is Cc1cc(C)cc(N(c2ccc(C(C)C)cc2)c2ccc3cc4c(cc3c2)oc2c3oc5cc6cc(N(c7ccc(C(C)C)cc7)c7cc(C)cc(C)c7)ccc6cc5c3c(-c3ccccc3)c(-c3ccccc3)c42)c1. The standard InChI is InChI=1S/C72H60N2O2/c1-43(2)49-19-25-57(26-20-49)73(61-33-45(5)31-46(6)34-61)59-29-23-53-39-63-65(41-55(53)37-59)75-71-69(63)67(51-15-11-9-12-16-51)68(52-17-13-10-14-18-52)70-64-40-54-24-30-60(38-56(54)42-66(64)76-72(70)71)74(62-35-47(7)32-48(8)36-62)58-27-21-50(22-28-58)44(3)4/h9-44H,1-8H3. The number of benzene rings is 11. The van der Waals surface area contributed by atoms with Crippen molar-refractivity contribution in [2.75, 3.05) is 9.80 Å². The van der Waals surface area contributed by atoms with Crippen molar-refractivity contribution in [2.45, 2.75) is 67.2 Å². The van der Waals surface area contributed by atoms with Gasteiger partial charge in [0, 0.05) is 66.8 Å². The topological polar surface area (TPSA) is 32.8 Å². The van der Waals surface area contributed by atoms with E-state index in [2.05, 4.69) is 271 Å². The molecule has 0 fully saturated rings. The van der Waals surface area contributed by atoms with Crippen molar-refractivity contribution in [1.29, 1.82) is 0 Å². The summed E-state index contributed by atoms with van der Waals surface area (Å²) in [6.07, 6.45) is 0. The van der Waals surface area contributed by atoms with Gasteiger partial charge < -0.3 is 18.6 Å². The van der Waals surface area contributed by atoms with Gasteiger partial charge in [-0.1, -0.05) is 137 Å². The second kappa shape index (κ2) is 18.5. The average Bonchev–Trinajstić information content (AvgIpc) is 3.99. The molecule has 0 aliphatic rings. The smallest absolute Gasteiger partial charge is 0.179 e. The number of nitrogens with zero attached hydrogens (tertiary/aromatic N) is 2. The zero-order chi connectivity index (χ0) is 51.9. The lowest BCUT2D eigenvalue weighted by molar-refractivity contribution is 0.634. The van der Waals surface area contributed by atoms with Gasteiger partial charge in [-0.05, 0) is 203 Å². The summed E-state index contributed by atoms with van der Waals surface area (Å²) in [7, 11) is 0. The molecule has 0 unspecified atom stereocenters. The summed E-state index contributed by atoms with van der Waals surface area (Å²) in [4.78, 5) is 4.75. The van der Waals surface area contributed by atoms with E-state index in [0.29, 0.717) is 11.8 Å². The first-order chi connectivity index (χ1) is 36.9. The van der Waals surface area contributed by atoms with E-state index in [-0.39, 0.29) is 0 Å². The van der Waals surface area contributed by atoms with Crippen molar-refractivity contribution in [3.05, 3.63) is 240 Å². The highest BCUT2D eigenvalue weighted by atomic mass is 16.4. The molecule has 0 amide bonds. The molecule has 76 heavy (non-hydrogen) atoms. The Bertz CT molecular complexity index is 4050. The van der Waals surface area contributed by atoms with Crippen molar-refractivity contribution >= 4 is 99.5 Å². The number of fused-ring (bicyclic) bond motifs is 9. The third-order valence-electron chi connectivity index (χ3n) is 15.4. The van der Waals surface area contributed by atoms with E-state index >= 15 is 0 Å². The second-order valence-electron chi connectivity index (χ2n) is 21.7. The van der Waals surface area contributed by atoms with Crippen LogP contribution in [-0.4, -0.2) is 0 Å². The first kappa shape index (κ1) is 46.9. The Morgan fingerprint density at radius 2 is 0.671 bits per heavy atom. The molecule has 2 heterocycles. The van der Waals surface area contributed by atoms with Crippen molar-refractivity contribution in [1.82, 2.24) is 0 Å². The first-order valence-electron chi connectivity index (χ1n) is 26.8. The summed E-state index contributed by atoms with van der Waals surface area (Å²) in [6.45, 7) is 17.7. The molecule has 0 spiro atoms. The van der Waals surface area contributed by atoms with E-state index in [1.807, 2.05) is 0 Å². The van der Waals surface area contributed by atoms with Crippen LogP contribution in [0.4, 0.5) is 34.1 Å². The third-order valence-corrected chi connectivity index (χ3v) is 15.4. The molecular weight excluding hydrogens is 925 g/mol. The predicted molar refractivity (Wildman–Crippen MR) is 323 cm³/mol. The highest BCUT2D eigenvalue weighted by Crippen LogP contribution is 2.52. The molecule has 13 aromatic rings. The summed E-state index contributed by atoms with van der Waals surface area (Å²) in [5.74, 6) is 0.888. The molecule has 0 bridgehead atoms. The molecule has 11 aromatic carbocycles. The van der Waals surface area contributed by atoms with Gasteiger partial charge in [-0.25, -0.2) is 0 Å². The molecule has 2 aromatic heterocycles. The maximum atomic E-state index is 7.27. The Morgan fingerprint density at radius 3 is 1.03 bits per heavy atom. The van der Waals surface area contributed by atoms with E-state index in [0.717, 1.165) is 122 Å². The maximum Gasteiger partial charge on any atom is 0.179 e. The minimum absolute atomic E-state index is 0.444. The minimum Gasteiger partial charge on any atom is -0.452 e. The number of furan rings is 2. The van der Waals surface area contributed by atoms with Crippen LogP contribution in [0.2, 0.25) is 0 Å². The van der Waals surface area contributed by atoms with E-state index in [4.69, 9.17) is 8.83 Å². The Labute approximate surface area is 445 Å². The fraction of sp³-hybridized carbons (Fsp3) is 0.139. The van der Waals surface area contributed by atoms with Crippen LogP contribution >= 0.6 is 0 Å². The highest BCUT2D eigenvalue weighted by Gasteiger charge is 2.28. The molecule has 13 rings (SSSR count). The van der Waals surface area contributed by atoms with Crippen LogP contribution in [0.15, 0.2) is 215 Å². The van der Waals surface area contributed by atoms with Gasteiger partial charge in [-0.3, -0.25) is 0 Å². The summed E-state index contributed by atoms with van der Waals surface area (Å²) >= 11 is 0. The summed E-state index contributed by atoms with van der Waals surface area (Å²) in [6, 6.07) is 76.0. The van der Waals surface area contributed by atoms with Gasteiger partial charge in [0.2, 0.25) is 0 Å². The van der Waals surface area contributed by atoms with E-state index in [9.17, 15) is 0 Å². The van der Waals surface area contributed by atoms with E-state index < -0.39 is 0 Å². The van der Waals surface area contributed by atoms with Crippen LogP contribution in [0.5, 0.6) is 0 Å². The van der Waals surface area contributed by atoms with Gasteiger partial charge in [0.15, 0.2) is 11.2 Å². The van der Waals surface area contributed by atoms with Crippen molar-refractivity contribution in [2.24, 2.45) is 0 Å². The third kappa shape index (κ3) is 8.17. The van der Waals surface area contributed by atoms with Crippen LogP contribution in [0.1, 0.15) is 72.9 Å². The van der Waals surface area contributed by atoms with Crippen molar-refractivity contribution in [3.8, 4) is 22.3 Å². The van der Waals surface area contributed by atoms with Gasteiger partial charge in [0.05, 0.1) is 0 Å². The summed E-state index contributed by atoms with van der Waals surface area (Å²) in [5.41, 5.74) is 21.8. The van der Waals surface area contributed by atoms with Gasteiger partial charge >= 0.3 is 0 Å². The largest absolute Gasteiger partial charge is 0.452 e. The molecule has 0 radical (unpaired) electrons. The molecule has 0 saturated carbocycles. The minimum atomic E-state index is 0.444. The number of hydrogen-bond donors (Lipinski definition) is 0. The van der Waals surface area contributed by atoms with Crippen LogP contribution in [0, 0.1) is 27.7 Å². The molecule has 4 nitrogen and oxygen atoms in total. The molecule has 0 aliphatic carbocycles. The van der Waals surface area contributed by atoms with Crippen molar-refractivity contribution in [3.63, 3.8) is 0 Å². The Balaban J connectivity index is 1.04. The lowest BCUT2D eigenvalue weighted by Crippen LogP contribution is -2.10. The van der Waals surface area contributed by atoms with Gasteiger partial charge in [-0.15, -0.1) is 0 Å². The molecule has 0 atom stereocenters. The van der Waals surface area contributed by atoms with E-state index in [1.165, 1.54) is 33.4 Å². The molecule has 0 saturated heterocycles. The fourth-order valence-electron chi connectivity index (χ4n) is 11.9. The summed E-state index contributed by atoms with van der Waals surface area (Å²) in [5, 5.41) is 8.63. The Morgan fingerprint density at radius 1 is 0.316 bits per heavy atom. The zero-order valence-electron chi connectivity index (χ0n) is 44.5. The lowest BCUT2D eigenvalue weighted by Gasteiger charge is -2.27. The first-order valence-corrected chi connectivity index (χ1v) is 26.8. The highest BCUT2D eigenvalue weighted by molar-refractivity contribution is 6.31. The quantitative estimate of drug-likeness (QED) is 0.137. The number of rotatable bonds is 10. The normalized spacial score (nSPS) is 11.9. The predicted octanol–water partition coefficient (Wildman–Crippen LogP) is 21.5. The lowest BCUT2D eigenvalue weighted by atomic mass is 9.87. The van der Waals surface area contributed by atoms with Crippen LogP contribution in [0.25, 0.3) is 87.7 Å². The Kier molecular flexibility index (Phi) is 11.4. The summed E-state index contributed by atoms with van der Waals surface area (Å²) < 4.78 is 14.5. The molecule has 370 valence electrons. The average molecular weight is 985 g/mol.